The zero-order valence-corrected chi connectivity index (χ0v) is 26.7. The monoisotopic (exact) mass is 543 g/mol. The molecule has 2 nitrogen and oxygen atoms in total. The summed E-state index contributed by atoms with van der Waals surface area (Å²) in [4.78, 5) is 5.04. The van der Waals surface area contributed by atoms with Crippen molar-refractivity contribution in [1.82, 2.24) is 4.98 Å². The first-order valence-electron chi connectivity index (χ1n) is 15.2. The Bertz CT molecular complexity index is 1840. The van der Waals surface area contributed by atoms with Crippen LogP contribution in [0.25, 0.3) is 43.6 Å². The molecule has 1 aliphatic rings. The summed E-state index contributed by atoms with van der Waals surface area (Å²) in [5, 5.41) is 7.49. The summed E-state index contributed by atoms with van der Waals surface area (Å²) in [6.07, 6.45) is 5.02. The summed E-state index contributed by atoms with van der Waals surface area (Å²) >= 11 is 0. The van der Waals surface area contributed by atoms with E-state index in [4.69, 9.17) is 9.72 Å². The van der Waals surface area contributed by atoms with E-state index >= 15 is 0 Å². The Labute approximate surface area is 246 Å². The second-order valence-electron chi connectivity index (χ2n) is 16.0. The SMILES string of the molecule is Cc1c(CC(C)(C)C)ccc2cc3c4c(nccc4c12)-c1cc2cc(CC(C)(C)C)ccc2c(CC(C)(C)C)c1O3. The van der Waals surface area contributed by atoms with Gasteiger partial charge in [0.05, 0.1) is 11.1 Å². The third kappa shape index (κ3) is 5.23. The molecule has 212 valence electrons. The minimum absolute atomic E-state index is 0.110. The van der Waals surface area contributed by atoms with E-state index in [1.54, 1.807) is 0 Å². The van der Waals surface area contributed by atoms with Gasteiger partial charge < -0.3 is 4.74 Å². The van der Waals surface area contributed by atoms with Crippen LogP contribution in [0, 0.1) is 23.2 Å². The molecule has 0 saturated carbocycles. The number of rotatable bonds is 3. The van der Waals surface area contributed by atoms with Crippen molar-refractivity contribution >= 4 is 32.3 Å². The van der Waals surface area contributed by atoms with Gasteiger partial charge in [-0.3, -0.25) is 4.98 Å². The fourth-order valence-electron chi connectivity index (χ4n) is 6.78. The molecular formula is C39H45NO. The van der Waals surface area contributed by atoms with Crippen LogP contribution in [-0.2, 0) is 19.3 Å². The highest BCUT2D eigenvalue weighted by atomic mass is 16.5. The molecule has 0 spiro atoms. The van der Waals surface area contributed by atoms with Crippen LogP contribution in [-0.4, -0.2) is 4.98 Å². The first-order chi connectivity index (χ1) is 19.1. The van der Waals surface area contributed by atoms with E-state index in [1.807, 2.05) is 6.20 Å². The average molecular weight is 544 g/mol. The van der Waals surface area contributed by atoms with E-state index in [0.717, 1.165) is 47.4 Å². The summed E-state index contributed by atoms with van der Waals surface area (Å²) in [6.45, 7) is 23.1. The van der Waals surface area contributed by atoms with E-state index in [9.17, 15) is 0 Å². The number of hydrogen-bond acceptors (Lipinski definition) is 2. The Kier molecular flexibility index (Phi) is 6.31. The van der Waals surface area contributed by atoms with Crippen molar-refractivity contribution in [3.63, 3.8) is 0 Å². The highest BCUT2D eigenvalue weighted by Gasteiger charge is 2.29. The molecule has 0 N–H and O–H groups in total. The van der Waals surface area contributed by atoms with Gasteiger partial charge in [0.1, 0.15) is 11.5 Å². The fraction of sp³-hybridized carbons (Fsp3) is 0.410. The molecule has 2 heteroatoms. The molecule has 4 aromatic carbocycles. The molecular weight excluding hydrogens is 498 g/mol. The number of nitrogens with zero attached hydrogens (tertiary/aromatic N) is 1. The van der Waals surface area contributed by atoms with Crippen molar-refractivity contribution in [3.8, 4) is 22.8 Å². The Morgan fingerprint density at radius 2 is 1.37 bits per heavy atom. The van der Waals surface area contributed by atoms with Crippen LogP contribution in [0.3, 0.4) is 0 Å². The van der Waals surface area contributed by atoms with Crippen molar-refractivity contribution < 1.29 is 4.74 Å². The van der Waals surface area contributed by atoms with E-state index in [0.29, 0.717) is 0 Å². The smallest absolute Gasteiger partial charge is 0.140 e. The van der Waals surface area contributed by atoms with Crippen LogP contribution in [0.4, 0.5) is 0 Å². The number of aromatic nitrogens is 1. The molecule has 6 rings (SSSR count). The van der Waals surface area contributed by atoms with Gasteiger partial charge in [0.15, 0.2) is 0 Å². The zero-order valence-electron chi connectivity index (χ0n) is 26.7. The Hall–Kier alpha value is -3.39. The van der Waals surface area contributed by atoms with Crippen molar-refractivity contribution in [2.24, 2.45) is 16.2 Å². The summed E-state index contributed by atoms with van der Waals surface area (Å²) in [5.41, 5.74) is 8.17. The van der Waals surface area contributed by atoms with Gasteiger partial charge >= 0.3 is 0 Å². The van der Waals surface area contributed by atoms with Gasteiger partial charge in [-0.1, -0.05) is 92.6 Å². The van der Waals surface area contributed by atoms with Gasteiger partial charge in [0, 0.05) is 17.3 Å². The molecule has 0 aliphatic carbocycles. The number of ether oxygens (including phenoxy) is 1. The minimum atomic E-state index is 0.110. The molecule has 0 unspecified atom stereocenters. The van der Waals surface area contributed by atoms with Crippen LogP contribution in [0.2, 0.25) is 0 Å². The fourth-order valence-corrected chi connectivity index (χ4v) is 6.78. The lowest BCUT2D eigenvalue weighted by Gasteiger charge is -2.28. The van der Waals surface area contributed by atoms with Gasteiger partial charge in [-0.15, -0.1) is 0 Å². The topological polar surface area (TPSA) is 22.1 Å². The number of pyridine rings is 1. The standard InChI is InChI=1S/C39H45NO/c1-23-26(21-38(5,6)7)13-12-25-19-32-34-29(33(23)25)15-16-40-35(34)30-18-27-17-24(20-37(2,3)4)11-14-28(27)31(36(30)41-32)22-39(8,9)10/h11-19H,20-22H2,1-10H3. The second-order valence-corrected chi connectivity index (χ2v) is 16.0. The summed E-state index contributed by atoms with van der Waals surface area (Å²) < 4.78 is 6.96. The lowest BCUT2D eigenvalue weighted by atomic mass is 9.82. The largest absolute Gasteiger partial charge is 0.456 e. The molecule has 0 fully saturated rings. The van der Waals surface area contributed by atoms with Crippen molar-refractivity contribution in [3.05, 3.63) is 77.0 Å². The van der Waals surface area contributed by atoms with Crippen LogP contribution in [0.5, 0.6) is 11.5 Å². The predicted molar refractivity (Wildman–Crippen MR) is 176 cm³/mol. The molecule has 41 heavy (non-hydrogen) atoms. The number of aryl methyl sites for hydroxylation is 1. The van der Waals surface area contributed by atoms with Gasteiger partial charge in [0.25, 0.3) is 0 Å². The number of hydrogen-bond donors (Lipinski definition) is 0. The Morgan fingerprint density at radius 1 is 0.659 bits per heavy atom. The Morgan fingerprint density at radius 3 is 2.05 bits per heavy atom. The van der Waals surface area contributed by atoms with Gasteiger partial charge in [-0.25, -0.2) is 0 Å². The third-order valence-electron chi connectivity index (χ3n) is 8.25. The maximum atomic E-state index is 6.96. The quantitative estimate of drug-likeness (QED) is 0.207. The summed E-state index contributed by atoms with van der Waals surface area (Å²) in [7, 11) is 0. The van der Waals surface area contributed by atoms with E-state index in [1.165, 1.54) is 49.2 Å². The van der Waals surface area contributed by atoms with E-state index < -0.39 is 0 Å². The third-order valence-corrected chi connectivity index (χ3v) is 8.25. The maximum Gasteiger partial charge on any atom is 0.140 e. The lowest BCUT2D eigenvalue weighted by Crippen LogP contribution is -2.13. The van der Waals surface area contributed by atoms with Crippen LogP contribution >= 0.6 is 0 Å². The van der Waals surface area contributed by atoms with Crippen molar-refractivity contribution in [2.75, 3.05) is 0 Å². The molecule has 1 aliphatic heterocycles. The molecule has 0 saturated heterocycles. The summed E-state index contributed by atoms with van der Waals surface area (Å²) in [6, 6.07) is 18.4. The molecule has 2 heterocycles. The maximum absolute atomic E-state index is 6.96. The second kappa shape index (κ2) is 9.31. The van der Waals surface area contributed by atoms with E-state index in [-0.39, 0.29) is 16.2 Å². The highest BCUT2D eigenvalue weighted by molar-refractivity contribution is 6.17. The Balaban J connectivity index is 1.65. The lowest BCUT2D eigenvalue weighted by molar-refractivity contribution is 0.400. The minimum Gasteiger partial charge on any atom is -0.456 e. The molecule has 5 aromatic rings. The molecule has 0 amide bonds. The average Bonchev–Trinajstić information content (AvgIpc) is 2.83. The highest BCUT2D eigenvalue weighted by Crippen LogP contribution is 2.52. The number of fused-ring (bicyclic) bond motifs is 5. The van der Waals surface area contributed by atoms with Gasteiger partial charge in [-0.05, 0) is 104 Å². The number of benzene rings is 4. The van der Waals surface area contributed by atoms with Crippen molar-refractivity contribution in [2.45, 2.75) is 88.5 Å². The molecule has 0 radical (unpaired) electrons. The molecule has 0 atom stereocenters. The normalized spacial score (nSPS) is 13.6. The zero-order chi connectivity index (χ0) is 29.5. The van der Waals surface area contributed by atoms with Gasteiger partial charge in [-0.2, -0.15) is 0 Å². The first kappa shape index (κ1) is 27.8. The van der Waals surface area contributed by atoms with Crippen LogP contribution in [0.1, 0.15) is 84.6 Å². The van der Waals surface area contributed by atoms with E-state index in [2.05, 4.69) is 118 Å². The molecule has 0 bridgehead atoms. The summed E-state index contributed by atoms with van der Waals surface area (Å²) in [5.74, 6) is 1.90. The van der Waals surface area contributed by atoms with Crippen molar-refractivity contribution in [1.29, 1.82) is 0 Å². The van der Waals surface area contributed by atoms with Gasteiger partial charge in [0.2, 0.25) is 0 Å². The van der Waals surface area contributed by atoms with Crippen LogP contribution in [0.15, 0.2) is 54.7 Å². The predicted octanol–water partition coefficient (Wildman–Crippen LogP) is 11.4. The van der Waals surface area contributed by atoms with Crippen LogP contribution < -0.4 is 4.74 Å². The molecule has 1 aromatic heterocycles. The first-order valence-corrected chi connectivity index (χ1v) is 15.2.